The van der Waals surface area contributed by atoms with E-state index >= 15 is 0 Å². The van der Waals surface area contributed by atoms with Gasteiger partial charge in [0.1, 0.15) is 0 Å². The summed E-state index contributed by atoms with van der Waals surface area (Å²) in [5.74, 6) is 1.35. The number of nitrogens with two attached hydrogens (primary N) is 1. The highest BCUT2D eigenvalue weighted by molar-refractivity contribution is 6.48. The van der Waals surface area contributed by atoms with E-state index in [2.05, 4.69) is 39.9 Å². The van der Waals surface area contributed by atoms with Crippen molar-refractivity contribution in [1.82, 2.24) is 5.32 Å². The summed E-state index contributed by atoms with van der Waals surface area (Å²) in [5, 5.41) is 3.09. The van der Waals surface area contributed by atoms with Crippen LogP contribution in [0.25, 0.3) is 0 Å². The van der Waals surface area contributed by atoms with Crippen LogP contribution in [0.1, 0.15) is 67.7 Å². The first kappa shape index (κ1) is 19.2. The number of nitrogens with one attached hydrogen (secondary N) is 1. The molecule has 1 unspecified atom stereocenters. The predicted octanol–water partition coefficient (Wildman–Crippen LogP) is 2.52. The largest absolute Gasteiger partial charge is 0.481 e. The molecule has 4 fully saturated rings. The molecule has 3 saturated carbocycles. The normalized spacial score (nSPS) is 37.5. The average Bonchev–Trinajstić information content (AvgIpc) is 2.81. The molecule has 0 aromatic carbocycles. The minimum Gasteiger partial charge on any atom is -0.404 e. The van der Waals surface area contributed by atoms with Gasteiger partial charge in [0.25, 0.3) is 0 Å². The van der Waals surface area contributed by atoms with Gasteiger partial charge in [-0.25, -0.2) is 0 Å². The zero-order chi connectivity index (χ0) is 18.8. The summed E-state index contributed by atoms with van der Waals surface area (Å²) in [4.78, 5) is 12.4. The van der Waals surface area contributed by atoms with E-state index < -0.39 is 5.54 Å². The summed E-state index contributed by atoms with van der Waals surface area (Å²) in [6, 6.07) is 0. The lowest BCUT2D eigenvalue weighted by molar-refractivity contribution is -0.199. The molecular weight excluding hydrogens is 315 g/mol. The third-order valence-electron chi connectivity index (χ3n) is 6.92. The highest BCUT2D eigenvalue weighted by Gasteiger charge is 2.68. The van der Waals surface area contributed by atoms with E-state index in [0.717, 1.165) is 18.8 Å². The summed E-state index contributed by atoms with van der Waals surface area (Å²) in [6.45, 7) is 14.7. The van der Waals surface area contributed by atoms with Crippen molar-refractivity contribution in [1.29, 1.82) is 0 Å². The van der Waals surface area contributed by atoms with Crippen molar-refractivity contribution < 1.29 is 14.1 Å². The monoisotopic (exact) mass is 350 g/mol. The fourth-order valence-corrected chi connectivity index (χ4v) is 5.17. The van der Waals surface area contributed by atoms with E-state index in [9.17, 15) is 4.79 Å². The Balaban J connectivity index is 1.76. The molecule has 6 heteroatoms. The van der Waals surface area contributed by atoms with Gasteiger partial charge in [0, 0.05) is 0 Å². The van der Waals surface area contributed by atoms with Crippen LogP contribution in [0.4, 0.5) is 0 Å². The molecule has 1 saturated heterocycles. The Morgan fingerprint density at radius 3 is 2.48 bits per heavy atom. The van der Waals surface area contributed by atoms with Gasteiger partial charge in [-0.1, -0.05) is 27.7 Å². The summed E-state index contributed by atoms with van der Waals surface area (Å²) in [5.41, 5.74) is 5.13. The van der Waals surface area contributed by atoms with Crippen LogP contribution in [0.5, 0.6) is 0 Å². The van der Waals surface area contributed by atoms with Gasteiger partial charge in [0.15, 0.2) is 0 Å². The van der Waals surface area contributed by atoms with Crippen LogP contribution in [-0.4, -0.2) is 36.2 Å². The molecule has 0 radical (unpaired) electrons. The van der Waals surface area contributed by atoms with E-state index in [1.807, 2.05) is 0 Å². The maximum Gasteiger partial charge on any atom is 0.481 e. The Labute approximate surface area is 152 Å². The fourth-order valence-electron chi connectivity index (χ4n) is 5.17. The lowest BCUT2D eigenvalue weighted by Crippen LogP contribution is -2.65. The molecule has 5 atom stereocenters. The van der Waals surface area contributed by atoms with Crippen molar-refractivity contribution >= 4 is 13.0 Å². The van der Waals surface area contributed by atoms with Gasteiger partial charge in [-0.2, -0.15) is 0 Å². The van der Waals surface area contributed by atoms with Gasteiger partial charge >= 0.3 is 7.12 Å². The summed E-state index contributed by atoms with van der Waals surface area (Å²) in [7, 11) is -0.390. The lowest BCUT2D eigenvalue weighted by atomic mass is 9.43. The minimum absolute atomic E-state index is 0.131. The maximum atomic E-state index is 12.4. The number of hydrogen-bond donors (Lipinski definition) is 2. The number of amides is 1. The van der Waals surface area contributed by atoms with Gasteiger partial charge < -0.3 is 20.4 Å². The molecule has 4 aliphatic rings. The highest BCUT2D eigenvalue weighted by atomic mass is 16.7. The SMILES string of the molecule is CC(C)C[C@H](NC(=O)C(C)(C)N)B1O[C@@H]2CC3C[C@@H](C3(C)C)[C@]2(C)O1. The first-order valence-corrected chi connectivity index (χ1v) is 9.78. The highest BCUT2D eigenvalue weighted by Crippen LogP contribution is 2.65. The van der Waals surface area contributed by atoms with Crippen molar-refractivity contribution in [3.05, 3.63) is 0 Å². The molecule has 0 aromatic heterocycles. The van der Waals surface area contributed by atoms with Crippen LogP contribution < -0.4 is 11.1 Å². The molecule has 1 heterocycles. The van der Waals surface area contributed by atoms with E-state index in [-0.39, 0.29) is 30.7 Å². The molecule has 4 rings (SSSR count). The van der Waals surface area contributed by atoms with Gasteiger partial charge in [0.2, 0.25) is 5.91 Å². The Hall–Kier alpha value is -0.585. The molecule has 1 aliphatic heterocycles. The first-order valence-electron chi connectivity index (χ1n) is 9.78. The number of hydrogen-bond acceptors (Lipinski definition) is 4. The standard InChI is InChI=1S/C19H35BN2O3/c1-11(2)8-15(22-16(23)18(5,6)21)20-24-14-10-12-9-13(17(12,3)4)19(14,7)25-20/h11-15H,8-10,21H2,1-7H3,(H,22,23)/t12?,13-,14+,15-,19-/m0/s1. The van der Waals surface area contributed by atoms with Crippen LogP contribution in [0, 0.1) is 23.2 Å². The van der Waals surface area contributed by atoms with Crippen LogP contribution in [0.2, 0.25) is 0 Å². The van der Waals surface area contributed by atoms with Gasteiger partial charge in [-0.3, -0.25) is 4.79 Å². The fraction of sp³-hybridized carbons (Fsp3) is 0.947. The second-order valence-electron chi connectivity index (χ2n) is 10.3. The van der Waals surface area contributed by atoms with Gasteiger partial charge in [0.05, 0.1) is 23.2 Å². The van der Waals surface area contributed by atoms with Crippen LogP contribution in [-0.2, 0) is 14.1 Å². The zero-order valence-corrected chi connectivity index (χ0v) is 16.9. The second kappa shape index (κ2) is 5.96. The minimum atomic E-state index is -0.909. The van der Waals surface area contributed by atoms with E-state index in [0.29, 0.717) is 17.3 Å². The third-order valence-corrected chi connectivity index (χ3v) is 6.92. The summed E-state index contributed by atoms with van der Waals surface area (Å²) < 4.78 is 12.9. The van der Waals surface area contributed by atoms with Crippen molar-refractivity contribution in [2.75, 3.05) is 0 Å². The molecular formula is C19H35BN2O3. The van der Waals surface area contributed by atoms with Crippen molar-refractivity contribution in [2.24, 2.45) is 28.9 Å². The topological polar surface area (TPSA) is 73.6 Å². The van der Waals surface area contributed by atoms with Gasteiger partial charge in [-0.05, 0) is 63.2 Å². The Morgan fingerprint density at radius 2 is 1.96 bits per heavy atom. The average molecular weight is 350 g/mol. The van der Waals surface area contributed by atoms with E-state index in [1.165, 1.54) is 6.42 Å². The Morgan fingerprint density at radius 1 is 1.32 bits per heavy atom. The smallest absolute Gasteiger partial charge is 0.404 e. The Bertz CT molecular complexity index is 545. The Kier molecular flexibility index (Phi) is 4.58. The van der Waals surface area contributed by atoms with Crippen molar-refractivity contribution in [3.63, 3.8) is 0 Å². The van der Waals surface area contributed by atoms with Crippen molar-refractivity contribution in [2.45, 2.75) is 90.9 Å². The molecule has 0 spiro atoms. The quantitative estimate of drug-likeness (QED) is 0.748. The molecule has 5 nitrogen and oxygen atoms in total. The molecule has 0 aromatic rings. The summed E-state index contributed by atoms with van der Waals surface area (Å²) >= 11 is 0. The number of carbonyl (C=O) groups excluding carboxylic acids is 1. The molecule has 3 N–H and O–H groups in total. The number of carbonyl (C=O) groups is 1. The zero-order valence-electron chi connectivity index (χ0n) is 16.9. The van der Waals surface area contributed by atoms with Crippen molar-refractivity contribution in [3.8, 4) is 0 Å². The summed E-state index contributed by atoms with van der Waals surface area (Å²) in [6.07, 6.45) is 3.23. The second-order valence-corrected chi connectivity index (χ2v) is 10.3. The maximum absolute atomic E-state index is 12.4. The third kappa shape index (κ3) is 3.15. The molecule has 3 aliphatic carbocycles. The van der Waals surface area contributed by atoms with E-state index in [4.69, 9.17) is 15.0 Å². The van der Waals surface area contributed by atoms with Crippen LogP contribution in [0.3, 0.4) is 0 Å². The molecule has 1 amide bonds. The van der Waals surface area contributed by atoms with E-state index in [1.54, 1.807) is 13.8 Å². The number of rotatable bonds is 5. The molecule has 142 valence electrons. The lowest BCUT2D eigenvalue weighted by Gasteiger charge is -2.64. The predicted molar refractivity (Wildman–Crippen MR) is 99.8 cm³/mol. The van der Waals surface area contributed by atoms with Crippen LogP contribution >= 0.6 is 0 Å². The van der Waals surface area contributed by atoms with Crippen LogP contribution in [0.15, 0.2) is 0 Å². The molecule has 25 heavy (non-hydrogen) atoms. The first-order chi connectivity index (χ1) is 11.4. The van der Waals surface area contributed by atoms with Gasteiger partial charge in [-0.15, -0.1) is 0 Å². The molecule has 2 bridgehead atoms.